The first-order valence-corrected chi connectivity index (χ1v) is 6.09. The zero-order valence-electron chi connectivity index (χ0n) is 9.61. The van der Waals surface area contributed by atoms with Gasteiger partial charge in [-0.3, -0.25) is 0 Å². The summed E-state index contributed by atoms with van der Waals surface area (Å²) in [5, 5.41) is 8.90. The number of hydrogen-bond acceptors (Lipinski definition) is 4. The molecular formula is C12H19NO3. The number of nitrogens with zero attached hydrogens (tertiary/aromatic N) is 1. The van der Waals surface area contributed by atoms with E-state index in [2.05, 4.69) is 6.07 Å². The molecule has 16 heavy (non-hydrogen) atoms. The van der Waals surface area contributed by atoms with Crippen LogP contribution in [0.1, 0.15) is 38.5 Å². The van der Waals surface area contributed by atoms with Crippen LogP contribution in [0.3, 0.4) is 0 Å². The Hall–Kier alpha value is -0.630. The summed E-state index contributed by atoms with van der Waals surface area (Å²) in [5.41, 5.74) is -0.324. The van der Waals surface area contributed by atoms with Crippen LogP contribution < -0.4 is 0 Å². The molecule has 0 bridgehead atoms. The van der Waals surface area contributed by atoms with Gasteiger partial charge in [0.05, 0.1) is 18.1 Å². The summed E-state index contributed by atoms with van der Waals surface area (Å²) in [6.45, 7) is 2.16. The molecule has 0 aliphatic carbocycles. The molecular weight excluding hydrogens is 206 g/mol. The van der Waals surface area contributed by atoms with Gasteiger partial charge in [0.1, 0.15) is 0 Å². The summed E-state index contributed by atoms with van der Waals surface area (Å²) >= 11 is 0. The van der Waals surface area contributed by atoms with Crippen molar-refractivity contribution in [3.8, 4) is 6.07 Å². The van der Waals surface area contributed by atoms with E-state index in [1.165, 1.54) is 0 Å². The van der Waals surface area contributed by atoms with Gasteiger partial charge in [0.2, 0.25) is 0 Å². The molecule has 2 saturated heterocycles. The van der Waals surface area contributed by atoms with Gasteiger partial charge in [0.15, 0.2) is 6.29 Å². The molecule has 0 saturated carbocycles. The fourth-order valence-electron chi connectivity index (χ4n) is 2.31. The minimum atomic E-state index is -0.324. The Morgan fingerprint density at radius 1 is 1.25 bits per heavy atom. The zero-order valence-corrected chi connectivity index (χ0v) is 9.61. The molecule has 0 aromatic carbocycles. The smallest absolute Gasteiger partial charge is 0.158 e. The summed E-state index contributed by atoms with van der Waals surface area (Å²) in [6.07, 6.45) is 5.17. The molecule has 1 unspecified atom stereocenters. The van der Waals surface area contributed by atoms with E-state index in [1.807, 2.05) is 0 Å². The third kappa shape index (κ3) is 2.94. The normalized spacial score (nSPS) is 29.6. The van der Waals surface area contributed by atoms with E-state index in [4.69, 9.17) is 19.5 Å². The topological polar surface area (TPSA) is 51.5 Å². The summed E-state index contributed by atoms with van der Waals surface area (Å²) in [5.74, 6) is 0. The molecule has 0 amide bonds. The first-order valence-electron chi connectivity index (χ1n) is 6.09. The monoisotopic (exact) mass is 225 g/mol. The third-order valence-corrected chi connectivity index (χ3v) is 3.32. The lowest BCUT2D eigenvalue weighted by atomic mass is 9.91. The number of rotatable bonds is 3. The molecule has 4 nitrogen and oxygen atoms in total. The van der Waals surface area contributed by atoms with Gasteiger partial charge in [-0.25, -0.2) is 0 Å². The van der Waals surface area contributed by atoms with E-state index in [9.17, 15) is 0 Å². The Morgan fingerprint density at radius 3 is 2.69 bits per heavy atom. The van der Waals surface area contributed by atoms with E-state index in [0.29, 0.717) is 19.6 Å². The first-order chi connectivity index (χ1) is 7.85. The van der Waals surface area contributed by atoms with Crippen molar-refractivity contribution < 1.29 is 14.2 Å². The van der Waals surface area contributed by atoms with Crippen LogP contribution in [0.25, 0.3) is 0 Å². The molecule has 0 aromatic heterocycles. The second-order valence-corrected chi connectivity index (χ2v) is 4.54. The van der Waals surface area contributed by atoms with Crippen molar-refractivity contribution in [2.75, 3.05) is 19.8 Å². The lowest BCUT2D eigenvalue weighted by molar-refractivity contribution is -0.241. The molecule has 2 heterocycles. The van der Waals surface area contributed by atoms with Crippen LogP contribution in [-0.4, -0.2) is 31.7 Å². The maximum atomic E-state index is 8.90. The Kier molecular flexibility index (Phi) is 4.16. The summed E-state index contributed by atoms with van der Waals surface area (Å²) in [7, 11) is 0. The summed E-state index contributed by atoms with van der Waals surface area (Å²) < 4.78 is 16.9. The second kappa shape index (κ2) is 5.62. The van der Waals surface area contributed by atoms with E-state index in [-0.39, 0.29) is 11.9 Å². The van der Waals surface area contributed by atoms with Crippen LogP contribution in [0.2, 0.25) is 0 Å². The molecule has 1 atom stereocenters. The highest BCUT2D eigenvalue weighted by Crippen LogP contribution is 2.32. The maximum absolute atomic E-state index is 8.90. The fourth-order valence-corrected chi connectivity index (χ4v) is 2.31. The highest BCUT2D eigenvalue weighted by atomic mass is 16.7. The van der Waals surface area contributed by atoms with Gasteiger partial charge < -0.3 is 14.2 Å². The summed E-state index contributed by atoms with van der Waals surface area (Å²) in [6, 6.07) is 2.23. The highest BCUT2D eigenvalue weighted by molar-refractivity contribution is 4.92. The molecule has 2 aliphatic heterocycles. The standard InChI is InChI=1S/C12H19NO3/c13-7-4-12(5-9-14-10-6-12)16-11-3-1-2-8-15-11/h11H,1-6,8-10H2. The molecule has 0 radical (unpaired) electrons. The van der Waals surface area contributed by atoms with Crippen LogP contribution in [-0.2, 0) is 14.2 Å². The molecule has 0 aromatic rings. The quantitative estimate of drug-likeness (QED) is 0.737. The van der Waals surface area contributed by atoms with Crippen LogP contribution in [0.4, 0.5) is 0 Å². The van der Waals surface area contributed by atoms with Crippen molar-refractivity contribution in [1.29, 1.82) is 5.26 Å². The number of nitriles is 1. The predicted octanol–water partition coefficient (Wildman–Crippen LogP) is 1.99. The average molecular weight is 225 g/mol. The van der Waals surface area contributed by atoms with Crippen LogP contribution in [0, 0.1) is 11.3 Å². The Balaban J connectivity index is 1.92. The first kappa shape index (κ1) is 11.8. The lowest BCUT2D eigenvalue weighted by Crippen LogP contribution is -2.43. The van der Waals surface area contributed by atoms with Gasteiger partial charge in [-0.1, -0.05) is 0 Å². The summed E-state index contributed by atoms with van der Waals surface area (Å²) in [4.78, 5) is 0. The van der Waals surface area contributed by atoms with Gasteiger partial charge in [-0.15, -0.1) is 0 Å². The van der Waals surface area contributed by atoms with Crippen LogP contribution in [0.5, 0.6) is 0 Å². The maximum Gasteiger partial charge on any atom is 0.158 e. The minimum absolute atomic E-state index is 0.111. The van der Waals surface area contributed by atoms with Gasteiger partial charge in [0, 0.05) is 32.7 Å². The van der Waals surface area contributed by atoms with E-state index in [1.54, 1.807) is 0 Å². The average Bonchev–Trinajstić information content (AvgIpc) is 2.31. The molecule has 4 heteroatoms. The van der Waals surface area contributed by atoms with Crippen molar-refractivity contribution in [1.82, 2.24) is 0 Å². The largest absolute Gasteiger partial charge is 0.381 e. The van der Waals surface area contributed by atoms with Gasteiger partial charge >= 0.3 is 0 Å². The van der Waals surface area contributed by atoms with E-state index >= 15 is 0 Å². The molecule has 2 fully saturated rings. The highest BCUT2D eigenvalue weighted by Gasteiger charge is 2.36. The fraction of sp³-hybridized carbons (Fsp3) is 0.917. The molecule has 90 valence electrons. The SMILES string of the molecule is N#CCC1(OC2CCCCO2)CCOCC1. The van der Waals surface area contributed by atoms with E-state index in [0.717, 1.165) is 38.7 Å². The third-order valence-electron chi connectivity index (χ3n) is 3.32. The van der Waals surface area contributed by atoms with Crippen molar-refractivity contribution >= 4 is 0 Å². The molecule has 2 aliphatic rings. The lowest BCUT2D eigenvalue weighted by Gasteiger charge is -2.39. The molecule has 0 spiro atoms. The minimum Gasteiger partial charge on any atom is -0.381 e. The second-order valence-electron chi connectivity index (χ2n) is 4.54. The van der Waals surface area contributed by atoms with Crippen molar-refractivity contribution in [2.45, 2.75) is 50.4 Å². The Morgan fingerprint density at radius 2 is 2.06 bits per heavy atom. The molecule has 0 N–H and O–H groups in total. The van der Waals surface area contributed by atoms with E-state index < -0.39 is 0 Å². The van der Waals surface area contributed by atoms with Crippen molar-refractivity contribution in [2.24, 2.45) is 0 Å². The number of hydrogen-bond donors (Lipinski definition) is 0. The van der Waals surface area contributed by atoms with Gasteiger partial charge in [-0.05, 0) is 19.3 Å². The van der Waals surface area contributed by atoms with Crippen molar-refractivity contribution in [3.05, 3.63) is 0 Å². The van der Waals surface area contributed by atoms with Crippen molar-refractivity contribution in [3.63, 3.8) is 0 Å². The molecule has 2 rings (SSSR count). The van der Waals surface area contributed by atoms with Crippen LogP contribution in [0.15, 0.2) is 0 Å². The van der Waals surface area contributed by atoms with Gasteiger partial charge in [-0.2, -0.15) is 5.26 Å². The Labute approximate surface area is 96.5 Å². The number of ether oxygens (including phenoxy) is 3. The van der Waals surface area contributed by atoms with Gasteiger partial charge in [0.25, 0.3) is 0 Å². The predicted molar refractivity (Wildman–Crippen MR) is 57.7 cm³/mol. The Bertz CT molecular complexity index is 249. The zero-order chi connectivity index (χ0) is 11.3. The van der Waals surface area contributed by atoms with Crippen LogP contribution >= 0.6 is 0 Å².